The number of nitrogens with zero attached hydrogens (tertiary/aromatic N) is 3. The summed E-state index contributed by atoms with van der Waals surface area (Å²) in [5.41, 5.74) is 0.945. The maximum absolute atomic E-state index is 5.74. The van der Waals surface area contributed by atoms with Crippen molar-refractivity contribution in [2.24, 2.45) is 0 Å². The monoisotopic (exact) mass is 271 g/mol. The normalized spacial score (nSPS) is 10.4. The molecular weight excluding hydrogens is 265 g/mol. The van der Waals surface area contributed by atoms with Crippen LogP contribution < -0.4 is 0 Å². The Bertz CT molecular complexity index is 441. The quantitative estimate of drug-likeness (QED) is 0.787. The van der Waals surface area contributed by atoms with Crippen LogP contribution in [0.5, 0.6) is 0 Å². The minimum Gasteiger partial charge on any atom is -0.218 e. The molecule has 0 unspecified atom stereocenters. The van der Waals surface area contributed by atoms with Gasteiger partial charge in [-0.15, -0.1) is 11.6 Å². The Morgan fingerprint density at radius 1 is 1.36 bits per heavy atom. The molecule has 0 fully saturated rings. The summed E-state index contributed by atoms with van der Waals surface area (Å²) in [5, 5.41) is 4.11. The fourth-order valence-corrected chi connectivity index (χ4v) is 1.82. The van der Waals surface area contributed by atoms with Gasteiger partial charge in [-0.2, -0.15) is 5.10 Å². The van der Waals surface area contributed by atoms with Crippen LogP contribution in [0, 0.1) is 0 Å². The van der Waals surface area contributed by atoms with Crippen molar-refractivity contribution >= 4 is 27.5 Å². The third-order valence-corrected chi connectivity index (χ3v) is 2.73. The van der Waals surface area contributed by atoms with E-state index in [4.69, 9.17) is 11.6 Å². The van der Waals surface area contributed by atoms with E-state index in [0.717, 1.165) is 16.0 Å². The predicted octanol–water partition coefficient (Wildman–Crippen LogP) is 2.77. The van der Waals surface area contributed by atoms with Gasteiger partial charge in [-0.25, -0.2) is 9.67 Å². The van der Waals surface area contributed by atoms with Crippen LogP contribution in [0.25, 0.3) is 5.69 Å². The van der Waals surface area contributed by atoms with Crippen molar-refractivity contribution in [1.82, 2.24) is 14.8 Å². The molecule has 0 aliphatic rings. The molecule has 2 rings (SSSR count). The topological polar surface area (TPSA) is 30.7 Å². The van der Waals surface area contributed by atoms with Gasteiger partial charge < -0.3 is 0 Å². The maximum Gasteiger partial charge on any atom is 0.147 e. The van der Waals surface area contributed by atoms with Gasteiger partial charge in [-0.05, 0) is 28.1 Å². The van der Waals surface area contributed by atoms with Crippen molar-refractivity contribution in [3.8, 4) is 5.69 Å². The highest BCUT2D eigenvalue weighted by molar-refractivity contribution is 9.10. The molecule has 1 aromatic heterocycles. The van der Waals surface area contributed by atoms with E-state index in [1.165, 1.54) is 6.33 Å². The van der Waals surface area contributed by atoms with Crippen LogP contribution in [0.3, 0.4) is 0 Å². The molecule has 14 heavy (non-hydrogen) atoms. The first-order chi connectivity index (χ1) is 6.83. The lowest BCUT2D eigenvalue weighted by Crippen LogP contribution is -2.01. The third-order valence-electron chi connectivity index (χ3n) is 1.82. The molecule has 0 spiro atoms. The summed E-state index contributed by atoms with van der Waals surface area (Å²) < 4.78 is 2.69. The average Bonchev–Trinajstić information content (AvgIpc) is 2.66. The van der Waals surface area contributed by atoms with E-state index in [2.05, 4.69) is 26.0 Å². The molecule has 0 amide bonds. The van der Waals surface area contributed by atoms with Gasteiger partial charge in [0.15, 0.2) is 0 Å². The average molecular weight is 273 g/mol. The van der Waals surface area contributed by atoms with E-state index in [9.17, 15) is 0 Å². The van der Waals surface area contributed by atoms with Crippen molar-refractivity contribution in [1.29, 1.82) is 0 Å². The van der Waals surface area contributed by atoms with Crippen LogP contribution in [0.2, 0.25) is 0 Å². The smallest absolute Gasteiger partial charge is 0.147 e. The van der Waals surface area contributed by atoms with E-state index >= 15 is 0 Å². The van der Waals surface area contributed by atoms with Crippen molar-refractivity contribution in [3.63, 3.8) is 0 Å². The summed E-state index contributed by atoms with van der Waals surface area (Å²) in [6, 6.07) is 7.80. The second-order valence-corrected chi connectivity index (χ2v) is 3.79. The SMILES string of the molecule is ClCc1ncnn1-c1ccccc1Br. The molecule has 2 aromatic rings. The van der Waals surface area contributed by atoms with E-state index in [1.807, 2.05) is 24.3 Å². The summed E-state index contributed by atoms with van der Waals surface area (Å²) in [4.78, 5) is 4.05. The van der Waals surface area contributed by atoms with Gasteiger partial charge in [0.25, 0.3) is 0 Å². The molecule has 0 radical (unpaired) electrons. The third kappa shape index (κ3) is 1.67. The van der Waals surface area contributed by atoms with Crippen molar-refractivity contribution in [2.45, 2.75) is 5.88 Å². The Balaban J connectivity index is 2.54. The van der Waals surface area contributed by atoms with Crippen LogP contribution in [0.1, 0.15) is 5.82 Å². The molecule has 0 N–H and O–H groups in total. The van der Waals surface area contributed by atoms with Crippen LogP contribution in [-0.4, -0.2) is 14.8 Å². The van der Waals surface area contributed by atoms with Gasteiger partial charge >= 0.3 is 0 Å². The second kappa shape index (κ2) is 4.11. The number of benzene rings is 1. The fraction of sp³-hybridized carbons (Fsp3) is 0.111. The zero-order valence-corrected chi connectivity index (χ0v) is 9.53. The number of halogens is 2. The molecule has 5 heteroatoms. The summed E-state index contributed by atoms with van der Waals surface area (Å²) in [6.45, 7) is 0. The van der Waals surface area contributed by atoms with Gasteiger partial charge in [0, 0.05) is 4.47 Å². The maximum atomic E-state index is 5.74. The highest BCUT2D eigenvalue weighted by atomic mass is 79.9. The predicted molar refractivity (Wildman–Crippen MR) is 58.6 cm³/mol. The fourth-order valence-electron chi connectivity index (χ4n) is 1.18. The Labute approximate surface area is 94.9 Å². The highest BCUT2D eigenvalue weighted by Gasteiger charge is 2.07. The molecule has 1 heterocycles. The number of para-hydroxylation sites is 1. The lowest BCUT2D eigenvalue weighted by Gasteiger charge is -2.05. The molecule has 3 nitrogen and oxygen atoms in total. The number of aromatic nitrogens is 3. The van der Waals surface area contributed by atoms with Crippen LogP contribution in [0.15, 0.2) is 35.1 Å². The molecule has 72 valence electrons. The van der Waals surface area contributed by atoms with Gasteiger partial charge in [0.05, 0.1) is 11.6 Å². The molecule has 0 aliphatic carbocycles. The standard InChI is InChI=1S/C9H7BrClN3/c10-7-3-1-2-4-8(7)14-9(5-11)12-6-13-14/h1-4,6H,5H2. The summed E-state index contributed by atoms with van der Waals surface area (Å²) in [6.07, 6.45) is 1.50. The first-order valence-electron chi connectivity index (χ1n) is 4.02. The largest absolute Gasteiger partial charge is 0.218 e. The van der Waals surface area contributed by atoms with Gasteiger partial charge in [-0.3, -0.25) is 0 Å². The summed E-state index contributed by atoms with van der Waals surface area (Å²) >= 11 is 9.19. The Hall–Kier alpha value is -0.870. The molecule has 0 saturated heterocycles. The molecule has 0 saturated carbocycles. The summed E-state index contributed by atoms with van der Waals surface area (Å²) in [7, 11) is 0. The van der Waals surface area contributed by atoms with Crippen LogP contribution in [-0.2, 0) is 5.88 Å². The van der Waals surface area contributed by atoms with Gasteiger partial charge in [0.2, 0.25) is 0 Å². The summed E-state index contributed by atoms with van der Waals surface area (Å²) in [5.74, 6) is 1.08. The Kier molecular flexibility index (Phi) is 2.84. The number of rotatable bonds is 2. The first-order valence-corrected chi connectivity index (χ1v) is 5.35. The van der Waals surface area contributed by atoms with Gasteiger partial charge in [0.1, 0.15) is 12.2 Å². The van der Waals surface area contributed by atoms with E-state index in [0.29, 0.717) is 5.88 Å². The minimum absolute atomic E-state index is 0.349. The zero-order valence-electron chi connectivity index (χ0n) is 7.19. The first kappa shape index (κ1) is 9.68. The molecule has 1 aromatic carbocycles. The molecule has 0 aliphatic heterocycles. The van der Waals surface area contributed by atoms with Crippen LogP contribution >= 0.6 is 27.5 Å². The van der Waals surface area contributed by atoms with Gasteiger partial charge in [-0.1, -0.05) is 12.1 Å². The van der Waals surface area contributed by atoms with Crippen molar-refractivity contribution in [2.75, 3.05) is 0 Å². The minimum atomic E-state index is 0.349. The zero-order chi connectivity index (χ0) is 9.97. The molecule has 0 bridgehead atoms. The van der Waals surface area contributed by atoms with Crippen molar-refractivity contribution in [3.05, 3.63) is 40.9 Å². The molecular formula is C9H7BrClN3. The van der Waals surface area contributed by atoms with E-state index < -0.39 is 0 Å². The number of hydrogen-bond donors (Lipinski definition) is 0. The number of hydrogen-bond acceptors (Lipinski definition) is 2. The Morgan fingerprint density at radius 3 is 2.86 bits per heavy atom. The van der Waals surface area contributed by atoms with E-state index in [-0.39, 0.29) is 0 Å². The lowest BCUT2D eigenvalue weighted by molar-refractivity contribution is 0.828. The number of alkyl halides is 1. The Morgan fingerprint density at radius 2 is 2.14 bits per heavy atom. The van der Waals surface area contributed by atoms with E-state index in [1.54, 1.807) is 4.68 Å². The second-order valence-electron chi connectivity index (χ2n) is 2.67. The van der Waals surface area contributed by atoms with Crippen molar-refractivity contribution < 1.29 is 0 Å². The lowest BCUT2D eigenvalue weighted by atomic mass is 10.3. The van der Waals surface area contributed by atoms with Crippen LogP contribution in [0.4, 0.5) is 0 Å². The molecule has 0 atom stereocenters. The highest BCUT2D eigenvalue weighted by Crippen LogP contribution is 2.20.